The summed E-state index contributed by atoms with van der Waals surface area (Å²) in [5.41, 5.74) is 0.771. The third-order valence-corrected chi connectivity index (χ3v) is 3.27. The average Bonchev–Trinajstić information content (AvgIpc) is 2.41. The predicted molar refractivity (Wildman–Crippen MR) is 70.8 cm³/mol. The van der Waals surface area contributed by atoms with Crippen molar-refractivity contribution in [2.45, 2.75) is 19.3 Å². The van der Waals surface area contributed by atoms with Gasteiger partial charge in [0.25, 0.3) is 0 Å². The molecule has 0 atom stereocenters. The summed E-state index contributed by atoms with van der Waals surface area (Å²) in [6, 6.07) is 9.37. The molecule has 4 heteroatoms. The van der Waals surface area contributed by atoms with Gasteiger partial charge in [-0.15, -0.1) is 0 Å². The highest BCUT2D eigenvalue weighted by Crippen LogP contribution is 2.04. The van der Waals surface area contributed by atoms with Crippen LogP contribution in [0.15, 0.2) is 30.3 Å². The fourth-order valence-electron chi connectivity index (χ4n) is 2.27. The van der Waals surface area contributed by atoms with E-state index in [9.17, 15) is 4.79 Å². The standard InChI is InChI=1S/C14H20N2O2/c17-14(15-13-7-3-1-4-8-13)18-12-11-16-9-5-2-6-10-16/h1,3-4,7-8H,2,5-6,9-12H2,(H,15,17)/p+1. The molecule has 0 spiro atoms. The number of ether oxygens (including phenoxy) is 1. The van der Waals surface area contributed by atoms with Crippen LogP contribution in [0.3, 0.4) is 0 Å². The molecule has 18 heavy (non-hydrogen) atoms. The highest BCUT2D eigenvalue weighted by atomic mass is 16.5. The van der Waals surface area contributed by atoms with Gasteiger partial charge in [0.05, 0.1) is 13.1 Å². The summed E-state index contributed by atoms with van der Waals surface area (Å²) < 4.78 is 5.18. The minimum Gasteiger partial charge on any atom is -0.443 e. The number of carbonyl (C=O) groups excluding carboxylic acids is 1. The Bertz CT molecular complexity index is 361. The molecule has 1 amide bonds. The minimum absolute atomic E-state index is 0.363. The molecule has 0 bridgehead atoms. The number of hydrogen-bond acceptors (Lipinski definition) is 2. The Labute approximate surface area is 108 Å². The molecule has 0 unspecified atom stereocenters. The number of likely N-dealkylation sites (tertiary alicyclic amines) is 1. The largest absolute Gasteiger partial charge is 0.443 e. The number of piperidine rings is 1. The maximum atomic E-state index is 11.5. The zero-order valence-electron chi connectivity index (χ0n) is 10.7. The lowest BCUT2D eigenvalue weighted by Crippen LogP contribution is -3.13. The lowest BCUT2D eigenvalue weighted by atomic mass is 10.1. The van der Waals surface area contributed by atoms with Crippen LogP contribution in [0.4, 0.5) is 10.5 Å². The molecule has 2 rings (SSSR count). The second-order valence-corrected chi connectivity index (χ2v) is 4.69. The Balaban J connectivity index is 1.62. The number of quaternary nitrogens is 1. The summed E-state index contributed by atoms with van der Waals surface area (Å²) in [7, 11) is 0. The Kier molecular flexibility index (Phi) is 5.02. The second-order valence-electron chi connectivity index (χ2n) is 4.69. The first kappa shape index (κ1) is 12.9. The van der Waals surface area contributed by atoms with E-state index in [0.29, 0.717) is 6.61 Å². The quantitative estimate of drug-likeness (QED) is 0.845. The van der Waals surface area contributed by atoms with E-state index in [2.05, 4.69) is 5.32 Å². The van der Waals surface area contributed by atoms with Gasteiger partial charge in [-0.2, -0.15) is 0 Å². The van der Waals surface area contributed by atoms with E-state index in [0.717, 1.165) is 12.2 Å². The molecule has 1 aliphatic rings. The van der Waals surface area contributed by atoms with Crippen molar-refractivity contribution in [3.8, 4) is 0 Å². The molecule has 1 saturated heterocycles. The van der Waals surface area contributed by atoms with Crippen molar-refractivity contribution in [1.29, 1.82) is 0 Å². The van der Waals surface area contributed by atoms with Crippen molar-refractivity contribution in [3.05, 3.63) is 30.3 Å². The number of nitrogens with one attached hydrogen (secondary N) is 2. The van der Waals surface area contributed by atoms with Crippen LogP contribution in [0.2, 0.25) is 0 Å². The van der Waals surface area contributed by atoms with E-state index in [-0.39, 0.29) is 6.09 Å². The molecular formula is C14H21N2O2+. The fraction of sp³-hybridized carbons (Fsp3) is 0.500. The highest BCUT2D eigenvalue weighted by molar-refractivity contribution is 5.84. The molecule has 1 fully saturated rings. The van der Waals surface area contributed by atoms with Crippen LogP contribution in [0.5, 0.6) is 0 Å². The van der Waals surface area contributed by atoms with E-state index in [1.807, 2.05) is 30.3 Å². The smallest absolute Gasteiger partial charge is 0.411 e. The predicted octanol–water partition coefficient (Wildman–Crippen LogP) is 1.30. The van der Waals surface area contributed by atoms with Crippen LogP contribution in [-0.4, -0.2) is 32.3 Å². The number of amides is 1. The second kappa shape index (κ2) is 7.01. The van der Waals surface area contributed by atoms with E-state index >= 15 is 0 Å². The van der Waals surface area contributed by atoms with Crippen molar-refractivity contribution < 1.29 is 14.4 Å². The first-order chi connectivity index (χ1) is 8.84. The van der Waals surface area contributed by atoms with Gasteiger partial charge in [0.2, 0.25) is 0 Å². The molecule has 0 radical (unpaired) electrons. The minimum atomic E-state index is -0.363. The molecule has 0 saturated carbocycles. The van der Waals surface area contributed by atoms with Crippen LogP contribution in [0.25, 0.3) is 0 Å². The SMILES string of the molecule is O=C(Nc1ccccc1)OCC[NH+]1CCCCC1. The third kappa shape index (κ3) is 4.37. The topological polar surface area (TPSA) is 42.8 Å². The maximum absolute atomic E-state index is 11.5. The van der Waals surface area contributed by atoms with Crippen LogP contribution in [-0.2, 0) is 4.74 Å². The number of anilines is 1. The van der Waals surface area contributed by atoms with Crippen molar-refractivity contribution in [2.24, 2.45) is 0 Å². The number of benzene rings is 1. The van der Waals surface area contributed by atoms with Crippen LogP contribution in [0.1, 0.15) is 19.3 Å². The Hall–Kier alpha value is -1.55. The van der Waals surface area contributed by atoms with Crippen molar-refractivity contribution in [3.63, 3.8) is 0 Å². The van der Waals surface area contributed by atoms with Crippen molar-refractivity contribution >= 4 is 11.8 Å². The molecule has 2 N–H and O–H groups in total. The van der Waals surface area contributed by atoms with E-state index in [1.165, 1.54) is 32.4 Å². The number of hydrogen-bond donors (Lipinski definition) is 2. The van der Waals surface area contributed by atoms with Gasteiger partial charge in [0.1, 0.15) is 13.2 Å². The van der Waals surface area contributed by atoms with Crippen LogP contribution < -0.4 is 10.2 Å². The maximum Gasteiger partial charge on any atom is 0.411 e. The number of para-hydroxylation sites is 1. The lowest BCUT2D eigenvalue weighted by Gasteiger charge is -2.23. The fourth-order valence-corrected chi connectivity index (χ4v) is 2.27. The summed E-state index contributed by atoms with van der Waals surface area (Å²) in [5.74, 6) is 0. The average molecular weight is 249 g/mol. The van der Waals surface area contributed by atoms with Crippen LogP contribution in [0, 0.1) is 0 Å². The lowest BCUT2D eigenvalue weighted by molar-refractivity contribution is -0.905. The third-order valence-electron chi connectivity index (χ3n) is 3.27. The van der Waals surface area contributed by atoms with Gasteiger partial charge in [-0.05, 0) is 31.4 Å². The Morgan fingerprint density at radius 2 is 1.89 bits per heavy atom. The van der Waals surface area contributed by atoms with Crippen molar-refractivity contribution in [1.82, 2.24) is 0 Å². The van der Waals surface area contributed by atoms with E-state index < -0.39 is 0 Å². The molecule has 98 valence electrons. The summed E-state index contributed by atoms with van der Waals surface area (Å²) in [6.07, 6.45) is 3.58. The van der Waals surface area contributed by atoms with E-state index in [1.54, 1.807) is 4.90 Å². The van der Waals surface area contributed by atoms with Gasteiger partial charge in [-0.1, -0.05) is 18.2 Å². The Morgan fingerprint density at radius 3 is 2.61 bits per heavy atom. The molecule has 4 nitrogen and oxygen atoms in total. The monoisotopic (exact) mass is 249 g/mol. The molecule has 1 heterocycles. The first-order valence-corrected chi connectivity index (χ1v) is 6.67. The zero-order chi connectivity index (χ0) is 12.6. The van der Waals surface area contributed by atoms with E-state index in [4.69, 9.17) is 4.74 Å². The van der Waals surface area contributed by atoms with Gasteiger partial charge in [-0.3, -0.25) is 5.32 Å². The van der Waals surface area contributed by atoms with Gasteiger partial charge < -0.3 is 9.64 Å². The zero-order valence-corrected chi connectivity index (χ0v) is 10.7. The molecule has 1 aliphatic heterocycles. The molecule has 0 aromatic heterocycles. The first-order valence-electron chi connectivity index (χ1n) is 6.67. The summed E-state index contributed by atoms with van der Waals surface area (Å²) in [4.78, 5) is 13.1. The molecular weight excluding hydrogens is 228 g/mol. The van der Waals surface area contributed by atoms with Crippen LogP contribution >= 0.6 is 0 Å². The summed E-state index contributed by atoms with van der Waals surface area (Å²) in [5, 5.41) is 2.71. The van der Waals surface area contributed by atoms with Gasteiger partial charge in [-0.25, -0.2) is 4.79 Å². The summed E-state index contributed by atoms with van der Waals surface area (Å²) >= 11 is 0. The molecule has 1 aromatic carbocycles. The molecule has 0 aliphatic carbocycles. The molecule has 1 aromatic rings. The highest BCUT2D eigenvalue weighted by Gasteiger charge is 2.13. The Morgan fingerprint density at radius 1 is 1.17 bits per heavy atom. The van der Waals surface area contributed by atoms with Gasteiger partial charge in [0, 0.05) is 5.69 Å². The van der Waals surface area contributed by atoms with Crippen molar-refractivity contribution in [2.75, 3.05) is 31.6 Å². The van der Waals surface area contributed by atoms with Gasteiger partial charge in [0.15, 0.2) is 0 Å². The number of carbonyl (C=O) groups is 1. The normalized spacial score (nSPS) is 16.2. The van der Waals surface area contributed by atoms with Gasteiger partial charge >= 0.3 is 6.09 Å². The number of rotatable bonds is 4. The summed E-state index contributed by atoms with van der Waals surface area (Å²) in [6.45, 7) is 3.84.